The first-order valence-electron chi connectivity index (χ1n) is 11.1. The molecule has 2 aromatic rings. The normalized spacial score (nSPS) is 13.0. The lowest BCUT2D eigenvalue weighted by atomic mass is 10.2. The summed E-state index contributed by atoms with van der Waals surface area (Å²) in [5, 5.41) is 0. The molecule has 2 atom stereocenters. The van der Waals surface area contributed by atoms with Gasteiger partial charge in [-0.1, -0.05) is 49.7 Å². The van der Waals surface area contributed by atoms with Crippen molar-refractivity contribution < 1.29 is 38.0 Å². The molecule has 0 aromatic heterocycles. The Bertz CT molecular complexity index is 882. The highest BCUT2D eigenvalue weighted by Crippen LogP contribution is 2.11. The zero-order valence-corrected chi connectivity index (χ0v) is 19.8. The lowest BCUT2D eigenvalue weighted by molar-refractivity contribution is -0.169. The highest BCUT2D eigenvalue weighted by Gasteiger charge is 2.21. The summed E-state index contributed by atoms with van der Waals surface area (Å²) in [6.45, 7) is 5.18. The van der Waals surface area contributed by atoms with Crippen LogP contribution in [0.4, 0.5) is 0 Å². The van der Waals surface area contributed by atoms with Gasteiger partial charge in [-0.3, -0.25) is 0 Å². The minimum atomic E-state index is -0.798. The molecule has 0 radical (unpaired) electrons. The Morgan fingerprint density at radius 3 is 2.29 bits per heavy atom. The zero-order valence-electron chi connectivity index (χ0n) is 19.8. The second-order valence-corrected chi connectivity index (χ2v) is 7.40. The monoisotopic (exact) mass is 472 g/mol. The van der Waals surface area contributed by atoms with Gasteiger partial charge in [-0.05, 0) is 44.5 Å². The Kier molecular flexibility index (Phi) is 12.2. The lowest BCUT2D eigenvalue weighted by Gasteiger charge is -2.18. The van der Waals surface area contributed by atoms with E-state index in [4.69, 9.17) is 28.4 Å². The van der Waals surface area contributed by atoms with Crippen LogP contribution < -0.4 is 4.74 Å². The Morgan fingerprint density at radius 1 is 0.941 bits per heavy atom. The highest BCUT2D eigenvalue weighted by atomic mass is 16.7. The molecule has 8 nitrogen and oxygen atoms in total. The van der Waals surface area contributed by atoms with E-state index < -0.39 is 24.1 Å². The summed E-state index contributed by atoms with van der Waals surface area (Å²) in [5.74, 6) is -0.0301. The molecule has 0 amide bonds. The molecular weight excluding hydrogens is 440 g/mol. The van der Waals surface area contributed by atoms with Crippen molar-refractivity contribution in [1.82, 2.24) is 0 Å². The number of ether oxygens (including phenoxy) is 6. The van der Waals surface area contributed by atoms with E-state index in [0.29, 0.717) is 24.2 Å². The molecule has 0 saturated heterocycles. The summed E-state index contributed by atoms with van der Waals surface area (Å²) < 4.78 is 32.3. The summed E-state index contributed by atoms with van der Waals surface area (Å²) in [7, 11) is 0. The van der Waals surface area contributed by atoms with E-state index in [0.717, 1.165) is 0 Å². The van der Waals surface area contributed by atoms with E-state index in [1.807, 2.05) is 43.3 Å². The van der Waals surface area contributed by atoms with E-state index >= 15 is 0 Å². The van der Waals surface area contributed by atoms with Gasteiger partial charge in [0.05, 0.1) is 11.7 Å². The minimum Gasteiger partial charge on any atom is -0.462 e. The topological polar surface area (TPSA) is 89.5 Å². The summed E-state index contributed by atoms with van der Waals surface area (Å²) in [6.07, 6.45) is 1.28. The molecule has 2 aromatic carbocycles. The molecule has 0 N–H and O–H groups in total. The standard InChI is InChI=1S/C26H32O8/c1-4-11-24(26(28)34-21(3)16-29-18-32-23-14-9-6-10-15-23)33-19-31-20(2)17-30-25(27)22-12-7-5-8-13-22/h5-10,12-16,20,24H,4,11,17-19H2,1-3H3/b21-16+. The van der Waals surface area contributed by atoms with Crippen LogP contribution in [0.3, 0.4) is 0 Å². The Balaban J connectivity index is 1.68. The van der Waals surface area contributed by atoms with Crippen molar-refractivity contribution in [2.75, 3.05) is 20.2 Å². The van der Waals surface area contributed by atoms with Gasteiger partial charge in [-0.15, -0.1) is 0 Å². The molecule has 184 valence electrons. The highest BCUT2D eigenvalue weighted by molar-refractivity contribution is 5.89. The third kappa shape index (κ3) is 10.5. The first-order chi connectivity index (χ1) is 16.5. The van der Waals surface area contributed by atoms with Crippen molar-refractivity contribution in [2.24, 2.45) is 0 Å². The maximum absolute atomic E-state index is 12.4. The number of hydrogen-bond acceptors (Lipinski definition) is 8. The molecule has 8 heteroatoms. The fourth-order valence-electron chi connectivity index (χ4n) is 2.69. The van der Waals surface area contributed by atoms with E-state index in [2.05, 4.69) is 0 Å². The maximum Gasteiger partial charge on any atom is 0.340 e. The predicted molar refractivity (Wildman–Crippen MR) is 125 cm³/mol. The third-order valence-electron chi connectivity index (χ3n) is 4.44. The third-order valence-corrected chi connectivity index (χ3v) is 4.44. The first-order valence-corrected chi connectivity index (χ1v) is 11.1. The molecule has 2 unspecified atom stereocenters. The summed E-state index contributed by atoms with van der Waals surface area (Å²) in [6, 6.07) is 17.9. The second-order valence-electron chi connectivity index (χ2n) is 7.40. The van der Waals surface area contributed by atoms with Crippen LogP contribution in [0, 0.1) is 0 Å². The quantitative estimate of drug-likeness (QED) is 0.157. The van der Waals surface area contributed by atoms with Gasteiger partial charge in [-0.25, -0.2) is 9.59 Å². The number of hydrogen-bond donors (Lipinski definition) is 0. The molecule has 0 heterocycles. The average molecular weight is 473 g/mol. The van der Waals surface area contributed by atoms with Gasteiger partial charge in [0.1, 0.15) is 31.2 Å². The summed E-state index contributed by atoms with van der Waals surface area (Å²) in [5.41, 5.74) is 0.468. The van der Waals surface area contributed by atoms with Crippen molar-refractivity contribution in [3.05, 3.63) is 78.2 Å². The maximum atomic E-state index is 12.4. The Labute approximate surface area is 200 Å². The van der Waals surface area contributed by atoms with E-state index in [-0.39, 0.29) is 26.0 Å². The number of esters is 2. The van der Waals surface area contributed by atoms with Crippen molar-refractivity contribution in [2.45, 2.75) is 45.8 Å². The van der Waals surface area contributed by atoms with Crippen molar-refractivity contribution in [3.8, 4) is 5.75 Å². The molecule has 0 aliphatic heterocycles. The number of carbonyl (C=O) groups is 2. The molecule has 34 heavy (non-hydrogen) atoms. The van der Waals surface area contributed by atoms with Crippen LogP contribution in [0.1, 0.15) is 44.0 Å². The van der Waals surface area contributed by atoms with Crippen LogP contribution >= 0.6 is 0 Å². The molecular formula is C26H32O8. The number of para-hydroxylation sites is 1. The molecule has 0 aliphatic rings. The van der Waals surface area contributed by atoms with Crippen molar-refractivity contribution in [3.63, 3.8) is 0 Å². The molecule has 0 saturated carbocycles. The zero-order chi connectivity index (χ0) is 24.6. The second kappa shape index (κ2) is 15.5. The van der Waals surface area contributed by atoms with Crippen LogP contribution in [0.15, 0.2) is 72.7 Å². The van der Waals surface area contributed by atoms with Crippen LogP contribution in [-0.4, -0.2) is 44.3 Å². The average Bonchev–Trinajstić information content (AvgIpc) is 2.85. The summed E-state index contributed by atoms with van der Waals surface area (Å²) in [4.78, 5) is 24.4. The van der Waals surface area contributed by atoms with Crippen molar-refractivity contribution in [1.29, 1.82) is 0 Å². The van der Waals surface area contributed by atoms with E-state index in [1.54, 1.807) is 38.1 Å². The van der Waals surface area contributed by atoms with Crippen molar-refractivity contribution >= 4 is 11.9 Å². The number of carbonyl (C=O) groups excluding carboxylic acids is 2. The Morgan fingerprint density at radius 2 is 1.62 bits per heavy atom. The molecule has 0 aliphatic carbocycles. The molecule has 0 spiro atoms. The van der Waals surface area contributed by atoms with Gasteiger partial charge < -0.3 is 28.4 Å². The lowest BCUT2D eigenvalue weighted by Crippen LogP contribution is -2.29. The number of rotatable bonds is 15. The fourth-order valence-corrected chi connectivity index (χ4v) is 2.69. The van der Waals surface area contributed by atoms with Crippen LogP contribution in [0.2, 0.25) is 0 Å². The van der Waals surface area contributed by atoms with Gasteiger partial charge in [0.15, 0.2) is 6.10 Å². The predicted octanol–water partition coefficient (Wildman–Crippen LogP) is 4.85. The van der Waals surface area contributed by atoms with Gasteiger partial charge >= 0.3 is 11.9 Å². The minimum absolute atomic E-state index is 0.0195. The van der Waals surface area contributed by atoms with Gasteiger partial charge in [0, 0.05) is 0 Å². The first kappa shape index (κ1) is 26.9. The number of benzene rings is 2. The molecule has 0 fully saturated rings. The van der Waals surface area contributed by atoms with Gasteiger partial charge in [0.2, 0.25) is 6.79 Å². The number of allylic oxidation sites excluding steroid dienone is 1. The largest absolute Gasteiger partial charge is 0.462 e. The fraction of sp³-hybridized carbons (Fsp3) is 0.385. The van der Waals surface area contributed by atoms with Gasteiger partial charge in [-0.2, -0.15) is 0 Å². The SMILES string of the molecule is CCCC(OCOC(C)COC(=O)c1ccccc1)C(=O)O/C(C)=C/OCOc1ccccc1. The molecule has 0 bridgehead atoms. The summed E-state index contributed by atoms with van der Waals surface area (Å²) >= 11 is 0. The smallest absolute Gasteiger partial charge is 0.340 e. The van der Waals surface area contributed by atoms with E-state index in [9.17, 15) is 9.59 Å². The molecule has 2 rings (SSSR count). The van der Waals surface area contributed by atoms with Crippen LogP contribution in [0.5, 0.6) is 5.75 Å². The van der Waals surface area contributed by atoms with E-state index in [1.165, 1.54) is 6.26 Å². The van der Waals surface area contributed by atoms with Crippen LogP contribution in [-0.2, 0) is 28.5 Å². The van der Waals surface area contributed by atoms with Crippen LogP contribution in [0.25, 0.3) is 0 Å². The Hall–Kier alpha value is -3.36. The van der Waals surface area contributed by atoms with Gasteiger partial charge in [0.25, 0.3) is 0 Å².